The van der Waals surface area contributed by atoms with Crippen LogP contribution in [0.3, 0.4) is 0 Å². The van der Waals surface area contributed by atoms with Crippen LogP contribution in [0.1, 0.15) is 10.4 Å². The molecule has 1 aromatic rings. The Labute approximate surface area is 116 Å². The van der Waals surface area contributed by atoms with Crippen LogP contribution in [0.5, 0.6) is 17.2 Å². The molecule has 1 amide bonds. The van der Waals surface area contributed by atoms with Crippen molar-refractivity contribution < 1.29 is 23.8 Å². The van der Waals surface area contributed by atoms with Gasteiger partial charge in [0.25, 0.3) is 5.91 Å². The summed E-state index contributed by atoms with van der Waals surface area (Å²) in [6.07, 6.45) is 0.647. The highest BCUT2D eigenvalue weighted by Gasteiger charge is 2.15. The van der Waals surface area contributed by atoms with E-state index in [2.05, 4.69) is 5.32 Å². The van der Waals surface area contributed by atoms with Crippen molar-refractivity contribution in [2.75, 3.05) is 27.4 Å². The summed E-state index contributed by atoms with van der Waals surface area (Å²) in [5.74, 6) is 0.321. The summed E-state index contributed by atoms with van der Waals surface area (Å²) < 4.78 is 15.5. The standard InChI is InChI=1S/C13H14N2O5/c1-18-10-5-9(7-16)6-11(19-2)13(10)20-8-12(17)15-4-3-14/h5-7H,4,8H2,1-2H3,(H,15,17). The van der Waals surface area contributed by atoms with Crippen LogP contribution in [0.2, 0.25) is 0 Å². The van der Waals surface area contributed by atoms with Gasteiger partial charge in [0.15, 0.2) is 18.1 Å². The van der Waals surface area contributed by atoms with E-state index >= 15 is 0 Å². The summed E-state index contributed by atoms with van der Waals surface area (Å²) >= 11 is 0. The van der Waals surface area contributed by atoms with Crippen LogP contribution in [-0.2, 0) is 4.79 Å². The zero-order chi connectivity index (χ0) is 15.0. The highest BCUT2D eigenvalue weighted by molar-refractivity contribution is 5.80. The molecule has 0 aliphatic carbocycles. The summed E-state index contributed by atoms with van der Waals surface area (Å²) in [7, 11) is 2.82. The number of rotatable bonds is 7. The quantitative estimate of drug-likeness (QED) is 0.577. The molecule has 0 bridgehead atoms. The first-order chi connectivity index (χ1) is 9.65. The van der Waals surface area contributed by atoms with Crippen molar-refractivity contribution in [1.82, 2.24) is 5.32 Å². The first kappa shape index (κ1) is 15.3. The SMILES string of the molecule is COc1cc(C=O)cc(OC)c1OCC(=O)NCC#N. The van der Waals surface area contributed by atoms with Crippen molar-refractivity contribution in [2.24, 2.45) is 0 Å². The topological polar surface area (TPSA) is 97.7 Å². The maximum Gasteiger partial charge on any atom is 0.258 e. The van der Waals surface area contributed by atoms with E-state index in [-0.39, 0.29) is 30.4 Å². The monoisotopic (exact) mass is 278 g/mol. The van der Waals surface area contributed by atoms with Crippen LogP contribution in [0, 0.1) is 11.3 Å². The van der Waals surface area contributed by atoms with Crippen molar-refractivity contribution in [1.29, 1.82) is 5.26 Å². The van der Waals surface area contributed by atoms with Gasteiger partial charge in [-0.3, -0.25) is 9.59 Å². The molecule has 0 fully saturated rings. The average molecular weight is 278 g/mol. The maximum absolute atomic E-state index is 11.4. The van der Waals surface area contributed by atoms with Crippen LogP contribution in [0.25, 0.3) is 0 Å². The lowest BCUT2D eigenvalue weighted by atomic mass is 10.2. The first-order valence-corrected chi connectivity index (χ1v) is 5.64. The van der Waals surface area contributed by atoms with E-state index in [0.717, 1.165) is 0 Å². The number of aldehydes is 1. The van der Waals surface area contributed by atoms with Crippen molar-refractivity contribution in [3.05, 3.63) is 17.7 Å². The van der Waals surface area contributed by atoms with Gasteiger partial charge in [-0.05, 0) is 12.1 Å². The van der Waals surface area contributed by atoms with E-state index in [1.807, 2.05) is 0 Å². The summed E-state index contributed by atoms with van der Waals surface area (Å²) in [6, 6.07) is 4.72. The molecular formula is C13H14N2O5. The predicted molar refractivity (Wildman–Crippen MR) is 69.1 cm³/mol. The molecule has 1 aromatic carbocycles. The van der Waals surface area contributed by atoms with Crippen molar-refractivity contribution in [3.8, 4) is 23.3 Å². The molecule has 7 nitrogen and oxygen atoms in total. The van der Waals surface area contributed by atoms with Crippen molar-refractivity contribution >= 4 is 12.2 Å². The van der Waals surface area contributed by atoms with Gasteiger partial charge in [-0.25, -0.2) is 0 Å². The number of nitrogens with one attached hydrogen (secondary N) is 1. The molecule has 0 aromatic heterocycles. The minimum absolute atomic E-state index is 0.0967. The number of hydrogen-bond acceptors (Lipinski definition) is 6. The minimum atomic E-state index is -0.449. The van der Waals surface area contributed by atoms with Gasteiger partial charge in [0, 0.05) is 5.56 Å². The van der Waals surface area contributed by atoms with Crippen LogP contribution in [0.15, 0.2) is 12.1 Å². The third kappa shape index (κ3) is 3.88. The fraction of sp³-hybridized carbons (Fsp3) is 0.308. The molecule has 7 heteroatoms. The van der Waals surface area contributed by atoms with Crippen molar-refractivity contribution in [2.45, 2.75) is 0 Å². The molecular weight excluding hydrogens is 264 g/mol. The number of amides is 1. The maximum atomic E-state index is 11.4. The molecule has 0 aliphatic heterocycles. The molecule has 0 radical (unpaired) electrons. The molecule has 0 saturated carbocycles. The van der Waals surface area contributed by atoms with Gasteiger partial charge in [0.05, 0.1) is 20.3 Å². The Bertz CT molecular complexity index is 511. The average Bonchev–Trinajstić information content (AvgIpc) is 2.49. The number of benzene rings is 1. The van der Waals surface area contributed by atoms with Gasteiger partial charge in [0.2, 0.25) is 5.75 Å². The summed E-state index contributed by atoms with van der Waals surface area (Å²) in [5.41, 5.74) is 0.361. The lowest BCUT2D eigenvalue weighted by molar-refractivity contribution is -0.122. The summed E-state index contributed by atoms with van der Waals surface area (Å²) in [6.45, 7) is -0.393. The van der Waals surface area contributed by atoms with Gasteiger partial charge in [-0.1, -0.05) is 0 Å². The van der Waals surface area contributed by atoms with Crippen LogP contribution < -0.4 is 19.5 Å². The fourth-order valence-electron chi connectivity index (χ4n) is 1.44. The minimum Gasteiger partial charge on any atom is -0.493 e. The highest BCUT2D eigenvalue weighted by Crippen LogP contribution is 2.38. The molecule has 1 rings (SSSR count). The molecule has 0 heterocycles. The molecule has 0 spiro atoms. The number of methoxy groups -OCH3 is 2. The van der Waals surface area contributed by atoms with Crippen LogP contribution in [-0.4, -0.2) is 39.6 Å². The zero-order valence-electron chi connectivity index (χ0n) is 11.1. The van der Waals surface area contributed by atoms with E-state index < -0.39 is 5.91 Å². The van der Waals surface area contributed by atoms with Crippen LogP contribution >= 0.6 is 0 Å². The number of carbonyl (C=O) groups excluding carboxylic acids is 2. The van der Waals surface area contributed by atoms with Crippen LogP contribution in [0.4, 0.5) is 0 Å². The lowest BCUT2D eigenvalue weighted by Crippen LogP contribution is -2.29. The Morgan fingerprint density at radius 2 is 1.95 bits per heavy atom. The van der Waals surface area contributed by atoms with Gasteiger partial charge < -0.3 is 19.5 Å². The molecule has 0 atom stereocenters. The highest BCUT2D eigenvalue weighted by atomic mass is 16.5. The van der Waals surface area contributed by atoms with E-state index in [0.29, 0.717) is 11.8 Å². The number of nitriles is 1. The number of ether oxygens (including phenoxy) is 3. The number of hydrogen-bond donors (Lipinski definition) is 1. The van der Waals surface area contributed by atoms with Crippen molar-refractivity contribution in [3.63, 3.8) is 0 Å². The van der Waals surface area contributed by atoms with Gasteiger partial charge >= 0.3 is 0 Å². The van der Waals surface area contributed by atoms with E-state index in [9.17, 15) is 9.59 Å². The first-order valence-electron chi connectivity index (χ1n) is 5.64. The normalized spacial score (nSPS) is 9.25. The largest absolute Gasteiger partial charge is 0.493 e. The molecule has 0 aliphatic rings. The van der Waals surface area contributed by atoms with Gasteiger partial charge in [0.1, 0.15) is 12.8 Å². The molecule has 106 valence electrons. The lowest BCUT2D eigenvalue weighted by Gasteiger charge is -2.14. The predicted octanol–water partition coefficient (Wildman–Crippen LogP) is 0.535. The second kappa shape index (κ2) is 7.63. The third-order valence-electron chi connectivity index (χ3n) is 2.33. The Hall–Kier alpha value is -2.75. The van der Waals surface area contributed by atoms with Gasteiger partial charge in [-0.15, -0.1) is 0 Å². The molecule has 0 saturated heterocycles. The Balaban J connectivity index is 2.90. The number of nitrogens with zero attached hydrogens (tertiary/aromatic N) is 1. The van der Waals surface area contributed by atoms with Gasteiger partial charge in [-0.2, -0.15) is 5.26 Å². The molecule has 20 heavy (non-hydrogen) atoms. The molecule has 0 unspecified atom stereocenters. The second-order valence-corrected chi connectivity index (χ2v) is 3.60. The Morgan fingerprint density at radius 3 is 2.40 bits per heavy atom. The van der Waals surface area contributed by atoms with E-state index in [4.69, 9.17) is 19.5 Å². The fourth-order valence-corrected chi connectivity index (χ4v) is 1.44. The Morgan fingerprint density at radius 1 is 1.35 bits per heavy atom. The smallest absolute Gasteiger partial charge is 0.258 e. The molecule has 1 N–H and O–H groups in total. The summed E-state index contributed by atoms with van der Waals surface area (Å²) in [5, 5.41) is 10.7. The Kier molecular flexibility index (Phi) is 5.84. The second-order valence-electron chi connectivity index (χ2n) is 3.60. The van der Waals surface area contributed by atoms with E-state index in [1.54, 1.807) is 6.07 Å². The third-order valence-corrected chi connectivity index (χ3v) is 2.33. The zero-order valence-corrected chi connectivity index (χ0v) is 11.1. The summed E-state index contributed by atoms with van der Waals surface area (Å²) in [4.78, 5) is 22.2. The van der Waals surface area contributed by atoms with E-state index in [1.165, 1.54) is 26.4 Å². The number of carbonyl (C=O) groups is 2.